The summed E-state index contributed by atoms with van der Waals surface area (Å²) in [7, 11) is 0. The van der Waals surface area contributed by atoms with E-state index < -0.39 is 0 Å². The third kappa shape index (κ3) is 3.15. The van der Waals surface area contributed by atoms with Crippen LogP contribution in [0.25, 0.3) is 0 Å². The third-order valence-corrected chi connectivity index (χ3v) is 6.25. The Morgan fingerprint density at radius 2 is 1.77 bits per heavy atom. The van der Waals surface area contributed by atoms with E-state index >= 15 is 0 Å². The van der Waals surface area contributed by atoms with Crippen LogP contribution in [0.1, 0.15) is 22.2 Å². The van der Waals surface area contributed by atoms with E-state index in [0.29, 0.717) is 13.1 Å². The minimum absolute atomic E-state index is 0.104. The van der Waals surface area contributed by atoms with Crippen LogP contribution in [-0.2, 0) is 11.2 Å². The van der Waals surface area contributed by atoms with Crippen LogP contribution < -0.4 is 4.90 Å². The lowest BCUT2D eigenvalue weighted by atomic mass is 10.1. The van der Waals surface area contributed by atoms with Gasteiger partial charge in [0.05, 0.1) is 10.9 Å². The predicted octanol–water partition coefficient (Wildman–Crippen LogP) is 2.48. The lowest BCUT2D eigenvalue weighted by Gasteiger charge is -2.38. The molecular formula is C20H23N3O2S. The van der Waals surface area contributed by atoms with Gasteiger partial charge in [-0.25, -0.2) is 0 Å². The van der Waals surface area contributed by atoms with E-state index in [0.717, 1.165) is 36.6 Å². The molecular weight excluding hydrogens is 346 g/mol. The fourth-order valence-electron chi connectivity index (χ4n) is 3.82. The molecule has 6 heteroatoms. The monoisotopic (exact) mass is 369 g/mol. The van der Waals surface area contributed by atoms with Gasteiger partial charge in [-0.15, -0.1) is 11.3 Å². The Morgan fingerprint density at radius 3 is 2.50 bits per heavy atom. The fraction of sp³-hybridized carbons (Fsp3) is 0.400. The highest BCUT2D eigenvalue weighted by Gasteiger charge is 2.33. The van der Waals surface area contributed by atoms with Crippen LogP contribution in [-0.4, -0.2) is 60.4 Å². The van der Waals surface area contributed by atoms with Crippen molar-refractivity contribution < 1.29 is 9.59 Å². The van der Waals surface area contributed by atoms with E-state index in [1.54, 1.807) is 0 Å². The molecule has 2 aliphatic heterocycles. The van der Waals surface area contributed by atoms with Gasteiger partial charge in [-0.3, -0.25) is 14.5 Å². The summed E-state index contributed by atoms with van der Waals surface area (Å²) in [5.41, 5.74) is 2.30. The van der Waals surface area contributed by atoms with E-state index in [9.17, 15) is 9.59 Å². The third-order valence-electron chi connectivity index (χ3n) is 5.39. The second-order valence-corrected chi connectivity index (χ2v) is 7.80. The number of fused-ring (bicyclic) bond motifs is 1. The van der Waals surface area contributed by atoms with Crippen molar-refractivity contribution in [3.05, 3.63) is 52.2 Å². The first-order valence-electron chi connectivity index (χ1n) is 9.11. The molecule has 2 aromatic rings. The number of benzene rings is 1. The molecule has 0 saturated carbocycles. The van der Waals surface area contributed by atoms with Crippen molar-refractivity contribution >= 4 is 28.8 Å². The molecule has 1 aromatic heterocycles. The highest BCUT2D eigenvalue weighted by atomic mass is 32.1. The van der Waals surface area contributed by atoms with Gasteiger partial charge in [0.25, 0.3) is 5.91 Å². The van der Waals surface area contributed by atoms with Gasteiger partial charge in [-0.2, -0.15) is 0 Å². The maximum absolute atomic E-state index is 13.0. The van der Waals surface area contributed by atoms with Crippen LogP contribution in [0.5, 0.6) is 0 Å². The molecule has 0 bridgehead atoms. The van der Waals surface area contributed by atoms with Gasteiger partial charge in [0.15, 0.2) is 0 Å². The average molecular weight is 369 g/mol. The largest absolute Gasteiger partial charge is 0.335 e. The maximum Gasteiger partial charge on any atom is 0.264 e. The Hall–Kier alpha value is -2.18. The van der Waals surface area contributed by atoms with Crippen molar-refractivity contribution in [3.63, 3.8) is 0 Å². The molecule has 5 nitrogen and oxygen atoms in total. The Labute approximate surface area is 157 Å². The number of carbonyl (C=O) groups excluding carboxylic acids is 2. The van der Waals surface area contributed by atoms with Crippen LogP contribution >= 0.6 is 11.3 Å². The molecule has 0 unspecified atom stereocenters. The van der Waals surface area contributed by atoms with E-state index in [1.807, 2.05) is 52.4 Å². The Balaban J connectivity index is 1.37. The first kappa shape index (κ1) is 17.2. The smallest absolute Gasteiger partial charge is 0.264 e. The number of carbonyl (C=O) groups is 2. The fourth-order valence-corrected chi connectivity index (χ4v) is 4.51. The van der Waals surface area contributed by atoms with Gasteiger partial charge in [0, 0.05) is 38.4 Å². The summed E-state index contributed by atoms with van der Waals surface area (Å²) in [4.78, 5) is 32.3. The minimum atomic E-state index is -0.167. The molecule has 0 aliphatic carbocycles. The van der Waals surface area contributed by atoms with Crippen molar-refractivity contribution in [3.8, 4) is 0 Å². The highest BCUT2D eigenvalue weighted by Crippen LogP contribution is 2.28. The molecule has 0 N–H and O–H groups in total. The second-order valence-electron chi connectivity index (χ2n) is 6.85. The molecule has 2 aliphatic rings. The molecule has 1 aromatic carbocycles. The first-order valence-corrected chi connectivity index (χ1v) is 9.99. The van der Waals surface area contributed by atoms with E-state index in [-0.39, 0.29) is 17.9 Å². The van der Waals surface area contributed by atoms with Gasteiger partial charge in [0.1, 0.15) is 0 Å². The summed E-state index contributed by atoms with van der Waals surface area (Å²) >= 11 is 1.48. The van der Waals surface area contributed by atoms with Crippen molar-refractivity contribution in [2.45, 2.75) is 19.4 Å². The van der Waals surface area contributed by atoms with Crippen LogP contribution in [0.3, 0.4) is 0 Å². The molecule has 1 atom stereocenters. The molecule has 1 fully saturated rings. The average Bonchev–Trinajstić information content (AvgIpc) is 3.36. The molecule has 1 saturated heterocycles. The summed E-state index contributed by atoms with van der Waals surface area (Å²) in [5.74, 6) is 0.264. The number of para-hydroxylation sites is 1. The van der Waals surface area contributed by atoms with Gasteiger partial charge < -0.3 is 9.80 Å². The van der Waals surface area contributed by atoms with Crippen molar-refractivity contribution in [1.82, 2.24) is 9.80 Å². The summed E-state index contributed by atoms with van der Waals surface area (Å²) in [5, 5.41) is 1.93. The number of hydrogen-bond acceptors (Lipinski definition) is 4. The predicted molar refractivity (Wildman–Crippen MR) is 104 cm³/mol. The standard InChI is InChI=1S/C20H23N3O2S/c1-15(19(24)23-9-8-16-5-2-3-6-17(16)23)21-10-12-22(13-11-21)20(25)18-7-4-14-26-18/h2-7,14-15H,8-13H2,1H3/t15-/m1/s1. The molecule has 0 radical (unpaired) electrons. The number of rotatable bonds is 3. The molecule has 4 rings (SSSR count). The second kappa shape index (κ2) is 7.21. The molecule has 0 spiro atoms. The summed E-state index contributed by atoms with van der Waals surface area (Å²) in [6.45, 7) is 5.56. The molecule has 136 valence electrons. The van der Waals surface area contributed by atoms with Crippen LogP contribution in [0, 0.1) is 0 Å². The maximum atomic E-state index is 13.0. The van der Waals surface area contributed by atoms with E-state index in [1.165, 1.54) is 16.9 Å². The number of anilines is 1. The number of thiophene rings is 1. The van der Waals surface area contributed by atoms with Gasteiger partial charge in [0.2, 0.25) is 5.91 Å². The Morgan fingerprint density at radius 1 is 1.00 bits per heavy atom. The highest BCUT2D eigenvalue weighted by molar-refractivity contribution is 7.12. The van der Waals surface area contributed by atoms with Crippen molar-refractivity contribution in [1.29, 1.82) is 0 Å². The van der Waals surface area contributed by atoms with Gasteiger partial charge in [-0.1, -0.05) is 24.3 Å². The summed E-state index contributed by atoms with van der Waals surface area (Å²) in [6.07, 6.45) is 0.928. The summed E-state index contributed by atoms with van der Waals surface area (Å²) < 4.78 is 0. The Bertz CT molecular complexity index is 797. The van der Waals surface area contributed by atoms with Crippen LogP contribution in [0.4, 0.5) is 5.69 Å². The van der Waals surface area contributed by atoms with E-state index in [2.05, 4.69) is 11.0 Å². The van der Waals surface area contributed by atoms with Crippen LogP contribution in [0.15, 0.2) is 41.8 Å². The summed E-state index contributed by atoms with van der Waals surface area (Å²) in [6, 6.07) is 11.8. The van der Waals surface area contributed by atoms with Gasteiger partial charge in [-0.05, 0) is 36.4 Å². The number of hydrogen-bond donors (Lipinski definition) is 0. The SMILES string of the molecule is C[C@H](C(=O)N1CCc2ccccc21)N1CCN(C(=O)c2cccs2)CC1. The number of nitrogens with zero attached hydrogens (tertiary/aromatic N) is 3. The molecule has 2 amide bonds. The van der Waals surface area contributed by atoms with Crippen molar-refractivity contribution in [2.24, 2.45) is 0 Å². The number of piperazine rings is 1. The molecule has 3 heterocycles. The zero-order chi connectivity index (χ0) is 18.1. The zero-order valence-corrected chi connectivity index (χ0v) is 15.7. The molecule has 26 heavy (non-hydrogen) atoms. The first-order chi connectivity index (χ1) is 12.6. The van der Waals surface area contributed by atoms with Gasteiger partial charge >= 0.3 is 0 Å². The topological polar surface area (TPSA) is 43.9 Å². The van der Waals surface area contributed by atoms with E-state index in [4.69, 9.17) is 0 Å². The van der Waals surface area contributed by atoms with Crippen LogP contribution in [0.2, 0.25) is 0 Å². The quantitative estimate of drug-likeness (QED) is 0.835. The zero-order valence-electron chi connectivity index (χ0n) is 14.9. The lowest BCUT2D eigenvalue weighted by Crippen LogP contribution is -2.55. The normalized spacial score (nSPS) is 18.7. The number of amides is 2. The Kier molecular flexibility index (Phi) is 4.78. The minimum Gasteiger partial charge on any atom is -0.335 e. The van der Waals surface area contributed by atoms with Crippen molar-refractivity contribution in [2.75, 3.05) is 37.6 Å². The lowest BCUT2D eigenvalue weighted by molar-refractivity contribution is -0.123.